The summed E-state index contributed by atoms with van der Waals surface area (Å²) in [7, 11) is 1.96. The first-order valence-electron chi connectivity index (χ1n) is 5.77. The number of anilines is 1. The molecule has 1 rings (SSSR count). The fourth-order valence-corrected chi connectivity index (χ4v) is 1.31. The Morgan fingerprint density at radius 1 is 1.12 bits per heavy atom. The fourth-order valence-electron chi connectivity index (χ4n) is 1.31. The topological polar surface area (TPSA) is 49.8 Å². The Morgan fingerprint density at radius 2 is 1.88 bits per heavy atom. The zero-order chi connectivity index (χ0) is 12.0. The van der Waals surface area contributed by atoms with E-state index in [4.69, 9.17) is 0 Å². The second-order valence-corrected chi connectivity index (χ2v) is 4.94. The van der Waals surface area contributed by atoms with Crippen LogP contribution in [0.3, 0.4) is 0 Å². The van der Waals surface area contributed by atoms with Crippen LogP contribution in [0.4, 0.5) is 5.82 Å². The number of hydrogen-bond acceptors (Lipinski definition) is 4. The fraction of sp³-hybridized carbons (Fsp3) is 0.667. The van der Waals surface area contributed by atoms with Gasteiger partial charge in [-0.15, -0.1) is 5.10 Å². The van der Waals surface area contributed by atoms with E-state index < -0.39 is 0 Å². The summed E-state index contributed by atoms with van der Waals surface area (Å²) < 4.78 is 0. The molecule has 0 spiro atoms. The third kappa shape index (κ3) is 4.14. The molecule has 16 heavy (non-hydrogen) atoms. The van der Waals surface area contributed by atoms with Crippen molar-refractivity contribution in [1.82, 2.24) is 15.5 Å². The molecule has 0 aliphatic rings. The van der Waals surface area contributed by atoms with Crippen LogP contribution < -0.4 is 10.6 Å². The van der Waals surface area contributed by atoms with E-state index in [1.54, 1.807) is 0 Å². The first kappa shape index (κ1) is 12.9. The molecule has 0 amide bonds. The van der Waals surface area contributed by atoms with E-state index in [1.165, 1.54) is 0 Å². The molecule has 0 aliphatic heterocycles. The van der Waals surface area contributed by atoms with E-state index in [1.807, 2.05) is 19.2 Å². The number of nitrogens with zero attached hydrogens (tertiary/aromatic N) is 2. The highest BCUT2D eigenvalue weighted by molar-refractivity contribution is 5.33. The summed E-state index contributed by atoms with van der Waals surface area (Å²) in [6, 6.07) is 4.03. The van der Waals surface area contributed by atoms with Crippen molar-refractivity contribution in [2.24, 2.45) is 0 Å². The van der Waals surface area contributed by atoms with Gasteiger partial charge >= 0.3 is 0 Å². The summed E-state index contributed by atoms with van der Waals surface area (Å²) in [4.78, 5) is 0. The van der Waals surface area contributed by atoms with Crippen molar-refractivity contribution in [2.45, 2.75) is 32.6 Å². The van der Waals surface area contributed by atoms with Crippen molar-refractivity contribution in [3.63, 3.8) is 0 Å². The smallest absolute Gasteiger partial charge is 0.148 e. The van der Waals surface area contributed by atoms with Crippen LogP contribution in [0, 0.1) is 0 Å². The molecule has 0 aromatic carbocycles. The Bertz CT molecular complexity index is 300. The quantitative estimate of drug-likeness (QED) is 0.746. The van der Waals surface area contributed by atoms with E-state index in [9.17, 15) is 0 Å². The highest BCUT2D eigenvalue weighted by atomic mass is 15.2. The normalized spacial score (nSPS) is 11.5. The molecule has 0 saturated heterocycles. The standard InChI is InChI=1S/C12H22N4/c1-12(2,3)10-6-7-11(16-15-10)14-9-5-8-13-4/h6-7,13H,5,8-9H2,1-4H3,(H,14,16). The maximum Gasteiger partial charge on any atom is 0.148 e. The lowest BCUT2D eigenvalue weighted by Crippen LogP contribution is -2.16. The van der Waals surface area contributed by atoms with Gasteiger partial charge in [0.25, 0.3) is 0 Å². The van der Waals surface area contributed by atoms with E-state index in [2.05, 4.69) is 41.6 Å². The Labute approximate surface area is 97.9 Å². The molecule has 0 saturated carbocycles. The molecule has 0 radical (unpaired) electrons. The molecule has 1 heterocycles. The van der Waals surface area contributed by atoms with Crippen LogP contribution in [0.15, 0.2) is 12.1 Å². The minimum Gasteiger partial charge on any atom is -0.369 e. The molecule has 1 aromatic rings. The minimum atomic E-state index is 0.0671. The lowest BCUT2D eigenvalue weighted by molar-refractivity contribution is 0.559. The van der Waals surface area contributed by atoms with Gasteiger partial charge < -0.3 is 10.6 Å². The largest absolute Gasteiger partial charge is 0.369 e. The summed E-state index contributed by atoms with van der Waals surface area (Å²) in [6.45, 7) is 8.34. The molecule has 1 aromatic heterocycles. The van der Waals surface area contributed by atoms with Crippen molar-refractivity contribution in [1.29, 1.82) is 0 Å². The second-order valence-electron chi connectivity index (χ2n) is 4.94. The number of rotatable bonds is 5. The van der Waals surface area contributed by atoms with Gasteiger partial charge in [-0.2, -0.15) is 5.10 Å². The van der Waals surface area contributed by atoms with Crippen LogP contribution >= 0.6 is 0 Å². The number of hydrogen-bond donors (Lipinski definition) is 2. The summed E-state index contributed by atoms with van der Waals surface area (Å²) in [5.74, 6) is 0.851. The molecule has 0 atom stereocenters. The molecule has 0 unspecified atom stereocenters. The highest BCUT2D eigenvalue weighted by Crippen LogP contribution is 2.19. The second kappa shape index (κ2) is 5.80. The van der Waals surface area contributed by atoms with Crippen molar-refractivity contribution >= 4 is 5.82 Å². The zero-order valence-corrected chi connectivity index (χ0v) is 10.7. The van der Waals surface area contributed by atoms with Gasteiger partial charge in [0.05, 0.1) is 5.69 Å². The van der Waals surface area contributed by atoms with E-state index in [0.717, 1.165) is 31.0 Å². The molecule has 2 N–H and O–H groups in total. The molecule has 0 fully saturated rings. The molecule has 0 aliphatic carbocycles. The summed E-state index contributed by atoms with van der Waals surface area (Å²) in [6.07, 6.45) is 1.08. The lowest BCUT2D eigenvalue weighted by atomic mass is 9.92. The van der Waals surface area contributed by atoms with Crippen molar-refractivity contribution in [2.75, 3.05) is 25.5 Å². The van der Waals surface area contributed by atoms with Crippen LogP contribution in [0.25, 0.3) is 0 Å². The lowest BCUT2D eigenvalue weighted by Gasteiger charge is -2.16. The maximum absolute atomic E-state index is 4.22. The Kier molecular flexibility index (Phi) is 4.68. The predicted octanol–water partition coefficient (Wildman–Crippen LogP) is 1.80. The van der Waals surface area contributed by atoms with Gasteiger partial charge in [0, 0.05) is 12.0 Å². The van der Waals surface area contributed by atoms with Gasteiger partial charge in [-0.1, -0.05) is 20.8 Å². The van der Waals surface area contributed by atoms with Crippen LogP contribution in [-0.4, -0.2) is 30.3 Å². The van der Waals surface area contributed by atoms with Gasteiger partial charge in [0.1, 0.15) is 5.82 Å². The third-order valence-electron chi connectivity index (χ3n) is 2.34. The first-order chi connectivity index (χ1) is 7.54. The molecule has 4 nitrogen and oxygen atoms in total. The SMILES string of the molecule is CNCCCNc1ccc(C(C)(C)C)nn1. The van der Waals surface area contributed by atoms with Gasteiger partial charge in [-0.05, 0) is 32.1 Å². The average molecular weight is 222 g/mol. The van der Waals surface area contributed by atoms with Crippen LogP contribution in [0.1, 0.15) is 32.9 Å². The number of nitrogens with one attached hydrogen (secondary N) is 2. The Morgan fingerprint density at radius 3 is 2.38 bits per heavy atom. The van der Waals surface area contributed by atoms with Gasteiger partial charge in [-0.25, -0.2) is 0 Å². The third-order valence-corrected chi connectivity index (χ3v) is 2.34. The zero-order valence-electron chi connectivity index (χ0n) is 10.7. The average Bonchev–Trinajstić information content (AvgIpc) is 2.24. The molecular weight excluding hydrogens is 200 g/mol. The number of aromatic nitrogens is 2. The van der Waals surface area contributed by atoms with E-state index in [-0.39, 0.29) is 5.41 Å². The Hall–Kier alpha value is -1.16. The van der Waals surface area contributed by atoms with Crippen LogP contribution in [-0.2, 0) is 5.41 Å². The monoisotopic (exact) mass is 222 g/mol. The molecule has 0 bridgehead atoms. The molecular formula is C12H22N4. The predicted molar refractivity (Wildman–Crippen MR) is 67.8 cm³/mol. The molecule has 90 valence electrons. The first-order valence-corrected chi connectivity index (χ1v) is 5.77. The maximum atomic E-state index is 4.22. The van der Waals surface area contributed by atoms with Crippen LogP contribution in [0.5, 0.6) is 0 Å². The van der Waals surface area contributed by atoms with E-state index in [0.29, 0.717) is 0 Å². The van der Waals surface area contributed by atoms with Crippen molar-refractivity contribution in [3.05, 3.63) is 17.8 Å². The van der Waals surface area contributed by atoms with Crippen LogP contribution in [0.2, 0.25) is 0 Å². The minimum absolute atomic E-state index is 0.0671. The summed E-state index contributed by atoms with van der Waals surface area (Å²) >= 11 is 0. The van der Waals surface area contributed by atoms with Crippen molar-refractivity contribution < 1.29 is 0 Å². The summed E-state index contributed by atoms with van der Waals surface area (Å²) in [5.41, 5.74) is 1.09. The van der Waals surface area contributed by atoms with Gasteiger partial charge in [0.15, 0.2) is 0 Å². The van der Waals surface area contributed by atoms with Gasteiger partial charge in [0.2, 0.25) is 0 Å². The Balaban J connectivity index is 2.46. The van der Waals surface area contributed by atoms with E-state index >= 15 is 0 Å². The van der Waals surface area contributed by atoms with Gasteiger partial charge in [-0.3, -0.25) is 0 Å². The summed E-state index contributed by atoms with van der Waals surface area (Å²) in [5, 5.41) is 14.7. The molecule has 4 heteroatoms. The highest BCUT2D eigenvalue weighted by Gasteiger charge is 2.15. The van der Waals surface area contributed by atoms with Crippen molar-refractivity contribution in [3.8, 4) is 0 Å².